The van der Waals surface area contributed by atoms with E-state index in [9.17, 15) is 19.2 Å². The summed E-state index contributed by atoms with van der Waals surface area (Å²) in [5.74, 6) is -1.69. The van der Waals surface area contributed by atoms with Gasteiger partial charge in [-0.2, -0.15) is 0 Å². The van der Waals surface area contributed by atoms with E-state index in [1.807, 2.05) is 0 Å². The van der Waals surface area contributed by atoms with Gasteiger partial charge in [-0.1, -0.05) is 0 Å². The molecule has 0 bridgehead atoms. The van der Waals surface area contributed by atoms with Crippen LogP contribution in [0.5, 0.6) is 0 Å². The summed E-state index contributed by atoms with van der Waals surface area (Å²) >= 11 is 0.673. The van der Waals surface area contributed by atoms with Gasteiger partial charge in [0, 0.05) is 39.2 Å². The van der Waals surface area contributed by atoms with Gasteiger partial charge in [0.05, 0.1) is 13.2 Å². The predicted molar refractivity (Wildman–Crippen MR) is 91.4 cm³/mol. The number of hydrogen-bond donors (Lipinski definition) is 1. The van der Waals surface area contributed by atoms with Crippen LogP contribution in [-0.4, -0.2) is 86.1 Å². The van der Waals surface area contributed by atoms with Crippen LogP contribution in [-0.2, 0) is 33.3 Å². The first kappa shape index (κ1) is 22.2. The molecule has 0 spiro atoms. The van der Waals surface area contributed by atoms with Crippen LogP contribution in [0.15, 0.2) is 0 Å². The molecule has 1 fully saturated rings. The minimum absolute atomic E-state index is 0.0606. The first-order chi connectivity index (χ1) is 12.4. The molecule has 1 saturated heterocycles. The summed E-state index contributed by atoms with van der Waals surface area (Å²) in [6, 6.07) is -0.983. The monoisotopic (exact) mass is 392 g/mol. The van der Waals surface area contributed by atoms with Gasteiger partial charge in [0.1, 0.15) is 12.6 Å². The van der Waals surface area contributed by atoms with Crippen LogP contribution in [0, 0.1) is 0 Å². The van der Waals surface area contributed by atoms with E-state index in [2.05, 4.69) is 19.7 Å². The Morgan fingerprint density at radius 3 is 2.42 bits per heavy atom. The summed E-state index contributed by atoms with van der Waals surface area (Å²) in [5, 5.41) is 1.70. The Morgan fingerprint density at radius 2 is 1.81 bits per heavy atom. The minimum Gasteiger partial charge on any atom is -0.463 e. The number of hydrogen-bond acceptors (Lipinski definition) is 10. The smallest absolute Gasteiger partial charge is 0.370 e. The molecular weight excluding hydrogens is 368 g/mol. The van der Waals surface area contributed by atoms with Crippen molar-refractivity contribution in [2.75, 3.05) is 52.0 Å². The molecule has 1 rings (SSSR count). The zero-order valence-electron chi connectivity index (χ0n) is 14.9. The molecule has 0 aliphatic carbocycles. The average Bonchev–Trinajstić information content (AvgIpc) is 2.58. The maximum Gasteiger partial charge on any atom is 0.370 e. The molecule has 1 N–H and O–H groups in total. The molecule has 1 aliphatic heterocycles. The molecule has 26 heavy (non-hydrogen) atoms. The Kier molecular flexibility index (Phi) is 10.7. The molecular formula is C15H24N2O8S. The van der Waals surface area contributed by atoms with Crippen molar-refractivity contribution in [3.8, 4) is 0 Å². The van der Waals surface area contributed by atoms with Crippen LogP contribution in [0.2, 0.25) is 0 Å². The van der Waals surface area contributed by atoms with Gasteiger partial charge >= 0.3 is 17.2 Å². The summed E-state index contributed by atoms with van der Waals surface area (Å²) < 4.78 is 19.5. The third kappa shape index (κ3) is 10.2. The van der Waals surface area contributed by atoms with Crippen LogP contribution in [0.3, 0.4) is 0 Å². The number of morpholine rings is 1. The first-order valence-electron chi connectivity index (χ1n) is 8.05. The van der Waals surface area contributed by atoms with Crippen molar-refractivity contribution >= 4 is 34.9 Å². The first-order valence-corrected chi connectivity index (χ1v) is 9.03. The Morgan fingerprint density at radius 1 is 1.12 bits per heavy atom. The topological polar surface area (TPSA) is 120 Å². The molecule has 1 atom stereocenters. The molecule has 0 aromatic carbocycles. The van der Waals surface area contributed by atoms with E-state index in [4.69, 9.17) is 9.47 Å². The Hall–Kier alpha value is -1.85. The van der Waals surface area contributed by atoms with Gasteiger partial charge in [-0.15, -0.1) is 0 Å². The van der Waals surface area contributed by atoms with Gasteiger partial charge in [0.25, 0.3) is 0 Å². The van der Waals surface area contributed by atoms with Crippen LogP contribution in [0.25, 0.3) is 0 Å². The van der Waals surface area contributed by atoms with E-state index in [1.54, 1.807) is 0 Å². The molecule has 11 heteroatoms. The third-order valence-corrected chi connectivity index (χ3v) is 4.08. The van der Waals surface area contributed by atoms with E-state index in [0.717, 1.165) is 13.1 Å². The van der Waals surface area contributed by atoms with Gasteiger partial charge in [-0.25, -0.2) is 9.59 Å². The highest BCUT2D eigenvalue weighted by molar-refractivity contribution is 8.13. The number of carbonyl (C=O) groups excluding carboxylic acids is 4. The average molecular weight is 392 g/mol. The van der Waals surface area contributed by atoms with E-state index < -0.39 is 36.0 Å². The van der Waals surface area contributed by atoms with Crippen molar-refractivity contribution in [3.63, 3.8) is 0 Å². The molecule has 0 saturated carbocycles. The van der Waals surface area contributed by atoms with Crippen molar-refractivity contribution in [2.24, 2.45) is 0 Å². The number of carbonyl (C=O) groups is 4. The van der Waals surface area contributed by atoms with Gasteiger partial charge in [0.2, 0.25) is 12.7 Å². The molecule has 1 aliphatic rings. The lowest BCUT2D eigenvalue weighted by Gasteiger charge is -2.26. The van der Waals surface area contributed by atoms with E-state index in [-0.39, 0.29) is 12.4 Å². The number of amides is 1. The summed E-state index contributed by atoms with van der Waals surface area (Å²) in [5.41, 5.74) is 0. The summed E-state index contributed by atoms with van der Waals surface area (Å²) in [4.78, 5) is 47.6. The lowest BCUT2D eigenvalue weighted by molar-refractivity contribution is -0.148. The fraction of sp³-hybridized carbons (Fsp3) is 0.733. The Bertz CT molecular complexity index is 496. The van der Waals surface area contributed by atoms with Crippen molar-refractivity contribution < 1.29 is 38.1 Å². The molecule has 0 unspecified atom stereocenters. The highest BCUT2D eigenvalue weighted by Gasteiger charge is 2.23. The molecule has 0 aromatic rings. The summed E-state index contributed by atoms with van der Waals surface area (Å²) in [6.45, 7) is 5.53. The van der Waals surface area contributed by atoms with Crippen LogP contribution >= 0.6 is 11.8 Å². The van der Waals surface area contributed by atoms with Crippen LogP contribution in [0.4, 0.5) is 4.79 Å². The third-order valence-electron chi connectivity index (χ3n) is 3.22. The van der Waals surface area contributed by atoms with Gasteiger partial charge < -0.3 is 24.3 Å². The zero-order chi connectivity index (χ0) is 19.4. The van der Waals surface area contributed by atoms with Crippen molar-refractivity contribution in [3.05, 3.63) is 0 Å². The molecule has 148 valence electrons. The van der Waals surface area contributed by atoms with Gasteiger partial charge in [-0.3, -0.25) is 14.5 Å². The number of rotatable bonds is 9. The lowest BCUT2D eigenvalue weighted by Crippen LogP contribution is -2.44. The maximum absolute atomic E-state index is 12.1. The number of nitrogens with zero attached hydrogens (tertiary/aromatic N) is 1. The summed E-state index contributed by atoms with van der Waals surface area (Å²) in [7, 11) is 0. The minimum atomic E-state index is -0.983. The maximum atomic E-state index is 12.1. The summed E-state index contributed by atoms with van der Waals surface area (Å²) in [6.07, 6.45) is 0. The second-order valence-electron chi connectivity index (χ2n) is 5.33. The lowest BCUT2D eigenvalue weighted by atomic mass is 10.3. The SMILES string of the molecule is CC(=O)N[C@@H](CSC(=O)OCOC(C)=O)C(=O)OCCN1CCOCC1. The van der Waals surface area contributed by atoms with Crippen LogP contribution < -0.4 is 5.32 Å². The van der Waals surface area contributed by atoms with E-state index in [0.29, 0.717) is 31.5 Å². The fourth-order valence-corrected chi connectivity index (χ4v) is 2.62. The molecule has 1 amide bonds. The van der Waals surface area contributed by atoms with E-state index >= 15 is 0 Å². The number of esters is 2. The van der Waals surface area contributed by atoms with Crippen LogP contribution in [0.1, 0.15) is 13.8 Å². The number of nitrogens with one attached hydrogen (secondary N) is 1. The molecule has 1 heterocycles. The molecule has 0 radical (unpaired) electrons. The highest BCUT2D eigenvalue weighted by Crippen LogP contribution is 2.09. The zero-order valence-corrected chi connectivity index (χ0v) is 15.7. The van der Waals surface area contributed by atoms with Gasteiger partial charge in [0.15, 0.2) is 0 Å². The van der Waals surface area contributed by atoms with Gasteiger partial charge in [-0.05, 0) is 11.8 Å². The number of ether oxygens (including phenoxy) is 4. The standard InChI is InChI=1S/C15H24N2O8S/c1-11(18)16-13(9-26-15(21)25-10-24-12(2)19)14(20)23-8-5-17-3-6-22-7-4-17/h13H,3-10H2,1-2H3,(H,16,18)/t13-/m0/s1. The molecule has 0 aromatic heterocycles. The second-order valence-corrected chi connectivity index (χ2v) is 6.29. The fourth-order valence-electron chi connectivity index (χ4n) is 1.97. The Balaban J connectivity index is 2.33. The van der Waals surface area contributed by atoms with Crippen molar-refractivity contribution in [1.29, 1.82) is 0 Å². The molecule has 10 nitrogen and oxygen atoms in total. The normalized spacial score (nSPS) is 15.6. The highest BCUT2D eigenvalue weighted by atomic mass is 32.2. The predicted octanol–water partition coefficient (Wildman–Crippen LogP) is -0.243. The Labute approximate surface area is 155 Å². The van der Waals surface area contributed by atoms with Crippen molar-refractivity contribution in [2.45, 2.75) is 19.9 Å². The van der Waals surface area contributed by atoms with E-state index in [1.165, 1.54) is 13.8 Å². The second kappa shape index (κ2) is 12.5. The van der Waals surface area contributed by atoms with Crippen molar-refractivity contribution in [1.82, 2.24) is 10.2 Å². The number of thioether (sulfide) groups is 1. The largest absolute Gasteiger partial charge is 0.463 e. The quantitative estimate of drug-likeness (QED) is 0.415.